The third kappa shape index (κ3) is 7.05. The minimum atomic E-state index is -7.22. The molecule has 0 aromatic heterocycles. The molecule has 0 heterocycles. The summed E-state index contributed by atoms with van der Waals surface area (Å²) in [5.74, 6) is -71.4. The lowest BCUT2D eigenvalue weighted by Gasteiger charge is -2.44. The predicted octanol–water partition coefficient (Wildman–Crippen LogP) is 6.74. The Morgan fingerprint density at radius 3 is 0.667 bits per heavy atom. The molecule has 5 aromatic carbocycles. The van der Waals surface area contributed by atoms with Crippen molar-refractivity contribution in [2.24, 2.45) is 0 Å². The maximum Gasteiger partial charge on any atom is 0.200 e. The van der Waals surface area contributed by atoms with E-state index in [0.717, 1.165) is 13.0 Å². The molecule has 0 aliphatic rings. The van der Waals surface area contributed by atoms with Crippen molar-refractivity contribution < 1.29 is 92.7 Å². The third-order valence-electron chi connectivity index (χ3n) is 8.70. The molecule has 1 nitrogen and oxygen atoms in total. The minimum absolute atomic E-state index is 1.12. The molecule has 0 saturated heterocycles. The maximum atomic E-state index is 15.4. The molecule has 0 atom stereocenters. The zero-order valence-corrected chi connectivity index (χ0v) is 28.4. The second-order valence-corrected chi connectivity index (χ2v) is 12.4. The van der Waals surface area contributed by atoms with E-state index in [1.165, 1.54) is 16.0 Å². The molecule has 306 valence electrons. The highest BCUT2D eigenvalue weighted by Crippen LogP contribution is 2.30. The van der Waals surface area contributed by atoms with E-state index in [9.17, 15) is 52.7 Å². The molecular formula is C35H18BF20N. The third-order valence-corrected chi connectivity index (χ3v) is 8.70. The fourth-order valence-electron chi connectivity index (χ4n) is 6.18. The number of quaternary nitrogens is 1. The molecule has 0 aliphatic heterocycles. The molecule has 22 heteroatoms. The van der Waals surface area contributed by atoms with Gasteiger partial charge in [-0.3, -0.25) is 0 Å². The van der Waals surface area contributed by atoms with Gasteiger partial charge in [0.1, 0.15) is 59.2 Å². The van der Waals surface area contributed by atoms with Gasteiger partial charge >= 0.3 is 0 Å². The number of benzene rings is 5. The Labute approximate surface area is 306 Å². The number of rotatable bonds is 7. The second kappa shape index (κ2) is 16.3. The van der Waals surface area contributed by atoms with Gasteiger partial charge in [0.2, 0.25) is 0 Å². The van der Waals surface area contributed by atoms with Gasteiger partial charge in [-0.25, -0.2) is 87.8 Å². The topological polar surface area (TPSA) is 4.44 Å². The number of hydrogen-bond donors (Lipinski definition) is 1. The van der Waals surface area contributed by atoms with Gasteiger partial charge in [0, 0.05) is 5.56 Å². The summed E-state index contributed by atoms with van der Waals surface area (Å²) in [5.41, 5.74) is -11.5. The van der Waals surface area contributed by atoms with Gasteiger partial charge in [-0.15, -0.1) is 21.9 Å². The van der Waals surface area contributed by atoms with E-state index in [1.54, 1.807) is 0 Å². The van der Waals surface area contributed by atoms with Crippen molar-refractivity contribution in [1.82, 2.24) is 0 Å². The van der Waals surface area contributed by atoms with Gasteiger partial charge in [-0.05, 0) is 12.0 Å². The fourth-order valence-corrected chi connectivity index (χ4v) is 6.18. The molecule has 57 heavy (non-hydrogen) atoms. The molecule has 0 saturated carbocycles. The van der Waals surface area contributed by atoms with Crippen LogP contribution in [0.5, 0.6) is 0 Å². The van der Waals surface area contributed by atoms with Crippen LogP contribution in [0, 0.1) is 116 Å². The highest BCUT2D eigenvalue weighted by molar-refractivity contribution is 7.20. The average Bonchev–Trinajstić information content (AvgIpc) is 3.18. The minimum Gasteiger partial charge on any atom is -0.336 e. The Kier molecular flexibility index (Phi) is 12.7. The number of hydrogen-bond acceptors (Lipinski definition) is 0. The second-order valence-electron chi connectivity index (χ2n) is 12.4. The van der Waals surface area contributed by atoms with E-state index < -0.39 is 144 Å². The van der Waals surface area contributed by atoms with E-state index in [0.29, 0.717) is 0 Å². The van der Waals surface area contributed by atoms with Gasteiger partial charge < -0.3 is 4.90 Å². The van der Waals surface area contributed by atoms with Gasteiger partial charge in [0.15, 0.2) is 69.8 Å². The van der Waals surface area contributed by atoms with Crippen LogP contribution in [0.3, 0.4) is 0 Å². The summed E-state index contributed by atoms with van der Waals surface area (Å²) in [6.07, 6.45) is -6.08. The van der Waals surface area contributed by atoms with Crippen LogP contribution in [0.2, 0.25) is 0 Å². The van der Waals surface area contributed by atoms with E-state index in [1.807, 2.05) is 0 Å². The van der Waals surface area contributed by atoms with Crippen LogP contribution in [-0.2, 0) is 13.0 Å². The van der Waals surface area contributed by atoms with Crippen LogP contribution in [0.4, 0.5) is 87.8 Å². The zero-order chi connectivity index (χ0) is 43.3. The highest BCUT2D eigenvalue weighted by atomic mass is 19.2. The Bertz CT molecular complexity index is 2020. The molecule has 5 rings (SSSR count). The Morgan fingerprint density at radius 1 is 0.316 bits per heavy atom. The summed E-state index contributed by atoms with van der Waals surface area (Å²) in [7, 11) is 4.35. The lowest BCUT2D eigenvalue weighted by molar-refractivity contribution is -0.872. The molecule has 0 fully saturated rings. The predicted molar refractivity (Wildman–Crippen MR) is 162 cm³/mol. The maximum absolute atomic E-state index is 15.4. The van der Waals surface area contributed by atoms with Gasteiger partial charge in [-0.2, -0.15) is 0 Å². The highest BCUT2D eigenvalue weighted by Gasteiger charge is 2.52. The summed E-state index contributed by atoms with van der Waals surface area (Å²) in [5, 5.41) is 0. The van der Waals surface area contributed by atoms with E-state index in [-0.39, 0.29) is 0 Å². The number of nitrogens with one attached hydrogen (secondary N) is 1. The van der Waals surface area contributed by atoms with Crippen LogP contribution >= 0.6 is 0 Å². The van der Waals surface area contributed by atoms with Crippen molar-refractivity contribution in [1.29, 1.82) is 0 Å². The lowest BCUT2D eigenvalue weighted by atomic mass is 9.12. The molecule has 1 N–H and O–H groups in total. The Balaban J connectivity index is 0.000000512. The molecule has 0 amide bonds. The van der Waals surface area contributed by atoms with Crippen LogP contribution in [0.15, 0.2) is 24.3 Å². The summed E-state index contributed by atoms with van der Waals surface area (Å²) >= 11 is 0. The van der Waals surface area contributed by atoms with Crippen molar-refractivity contribution in [3.05, 3.63) is 152 Å². The first-order chi connectivity index (χ1) is 26.4. The molecule has 0 bridgehead atoms. The van der Waals surface area contributed by atoms with Crippen molar-refractivity contribution in [3.8, 4) is 0 Å². The average molecular weight is 843 g/mol. The van der Waals surface area contributed by atoms with Gasteiger partial charge in [0.25, 0.3) is 0 Å². The molecule has 5 aromatic rings. The lowest BCUT2D eigenvalue weighted by Crippen LogP contribution is -3.04. The van der Waals surface area contributed by atoms with E-state index >= 15 is 35.1 Å². The van der Waals surface area contributed by atoms with E-state index in [4.69, 9.17) is 0 Å². The SMILES string of the molecule is CCc1ccc(C[NH+](C)C)cc1.Fc1c(F)c(F)c([B-](c2c(F)c(F)c(F)c(F)c2F)(c2c(F)c(F)c(F)c(F)c2F)c2c(F)c(F)c(F)c(F)c2F)c(F)c1F. The molecule has 0 unspecified atom stereocenters. The Hall–Kier alpha value is -5.28. The van der Waals surface area contributed by atoms with Gasteiger partial charge in [-0.1, -0.05) is 31.2 Å². The normalized spacial score (nSPS) is 11.7. The number of halogens is 20. The van der Waals surface area contributed by atoms with Crippen LogP contribution in [-0.4, -0.2) is 20.2 Å². The first kappa shape index (κ1) is 44.4. The fraction of sp³-hybridized carbons (Fsp3) is 0.143. The van der Waals surface area contributed by atoms with Crippen LogP contribution in [0.25, 0.3) is 0 Å². The molecular weight excluding hydrogens is 825 g/mol. The van der Waals surface area contributed by atoms with Crippen molar-refractivity contribution in [2.45, 2.75) is 19.9 Å². The van der Waals surface area contributed by atoms with E-state index in [2.05, 4.69) is 45.3 Å². The largest absolute Gasteiger partial charge is 0.336 e. The zero-order valence-electron chi connectivity index (χ0n) is 28.4. The molecule has 0 aliphatic carbocycles. The summed E-state index contributed by atoms with van der Waals surface area (Å²) in [4.78, 5) is 1.47. The van der Waals surface area contributed by atoms with Crippen molar-refractivity contribution >= 4 is 28.0 Å². The monoisotopic (exact) mass is 843 g/mol. The Morgan fingerprint density at radius 2 is 0.491 bits per heavy atom. The first-order valence-corrected chi connectivity index (χ1v) is 15.5. The summed E-state index contributed by atoms with van der Waals surface area (Å²) < 4.78 is 294. The summed E-state index contributed by atoms with van der Waals surface area (Å²) in [6, 6.07) is 8.90. The quantitative estimate of drug-likeness (QED) is 0.0803. The first-order valence-electron chi connectivity index (χ1n) is 15.5. The smallest absolute Gasteiger partial charge is 0.200 e. The standard InChI is InChI=1S/C24BF20.C11H17N/c26-5-1(6(27)14(35)21(42)13(5)34)25(2-7(28)15(36)22(43)16(37)8(2)29,3-9(30)17(38)23(44)18(39)10(3)31)4-11(32)19(40)24(45)20(41)12(4)33;1-4-10-5-7-11(8-6-10)9-12(2)3/h;5-8H,4,9H2,1-3H3/q-1;/p+1. The molecule has 0 radical (unpaired) electrons. The van der Waals surface area contributed by atoms with Crippen LogP contribution in [0.1, 0.15) is 18.1 Å². The summed E-state index contributed by atoms with van der Waals surface area (Å²) in [6.45, 7) is 3.30. The van der Waals surface area contributed by atoms with Crippen molar-refractivity contribution in [3.63, 3.8) is 0 Å². The van der Waals surface area contributed by atoms with Crippen molar-refractivity contribution in [2.75, 3.05) is 14.1 Å². The van der Waals surface area contributed by atoms with Crippen LogP contribution < -0.4 is 26.8 Å². The number of aryl methyl sites for hydroxylation is 1. The van der Waals surface area contributed by atoms with Gasteiger partial charge in [0.05, 0.1) is 14.1 Å². The molecule has 0 spiro atoms.